The molecule has 3 atom stereocenters. The van der Waals surface area contributed by atoms with E-state index in [2.05, 4.69) is 19.9 Å². The average molecular weight is 622 g/mol. The summed E-state index contributed by atoms with van der Waals surface area (Å²) in [5.41, 5.74) is 2.35. The number of fused-ring (bicyclic) bond motifs is 1. The zero-order valence-electron chi connectivity index (χ0n) is 23.7. The van der Waals surface area contributed by atoms with Gasteiger partial charge < -0.3 is 30.7 Å². The molecule has 0 aliphatic carbocycles. The van der Waals surface area contributed by atoms with E-state index in [1.54, 1.807) is 18.5 Å². The number of ether oxygens (including phenoxy) is 1. The van der Waals surface area contributed by atoms with Crippen LogP contribution in [-0.4, -0.2) is 127 Å². The summed E-state index contributed by atoms with van der Waals surface area (Å²) >= 11 is 0.983. The monoisotopic (exact) mass is 621 g/mol. The number of carbonyl (C=O) groups is 1. The zero-order chi connectivity index (χ0) is 30.4. The fourth-order valence-corrected chi connectivity index (χ4v) is 6.48. The first-order chi connectivity index (χ1) is 19.2. The highest BCUT2D eigenvalue weighted by molar-refractivity contribution is 8.13. The van der Waals surface area contributed by atoms with Gasteiger partial charge in [-0.25, -0.2) is 14.2 Å². The number of thioether (sulfide) groups is 1. The van der Waals surface area contributed by atoms with Gasteiger partial charge in [0.05, 0.1) is 44.8 Å². The molecule has 3 rings (SSSR count). The first-order valence-electron chi connectivity index (χ1n) is 13.0. The summed E-state index contributed by atoms with van der Waals surface area (Å²) in [6.45, 7) is 5.33. The lowest BCUT2D eigenvalue weighted by Gasteiger charge is -2.36. The van der Waals surface area contributed by atoms with Crippen molar-refractivity contribution in [2.24, 2.45) is 5.41 Å². The molecule has 2 aromatic rings. The number of imidazole rings is 1. The molecule has 232 valence electrons. The summed E-state index contributed by atoms with van der Waals surface area (Å²) in [4.78, 5) is 37.0. The van der Waals surface area contributed by atoms with Gasteiger partial charge in [0, 0.05) is 31.9 Å². The van der Waals surface area contributed by atoms with Gasteiger partial charge in [-0.2, -0.15) is 4.98 Å². The smallest absolute Gasteiger partial charge is 0.395 e. The van der Waals surface area contributed by atoms with Gasteiger partial charge in [0.25, 0.3) is 5.56 Å². The number of nitrogens with two attached hydrogens (primary N) is 1. The SMILES string of the molecule is CN1CCN(P(=O)(OCCO[C@@H](n2cnc3c(=O)[nH]c(N)nc32)[C@](C)(O)CO)OCCSC(=O)C(C)(C)CO)CC1. The van der Waals surface area contributed by atoms with E-state index >= 15 is 0 Å². The Labute approximate surface area is 241 Å². The summed E-state index contributed by atoms with van der Waals surface area (Å²) in [5.74, 6) is 0.0459. The molecular weight excluding hydrogens is 581 g/mol. The second-order valence-electron chi connectivity index (χ2n) is 10.6. The molecule has 18 heteroatoms. The Morgan fingerprint density at radius 2 is 1.83 bits per heavy atom. The van der Waals surface area contributed by atoms with Crippen LogP contribution in [0.5, 0.6) is 0 Å². The van der Waals surface area contributed by atoms with E-state index in [0.717, 1.165) is 11.8 Å². The third-order valence-corrected chi connectivity index (χ3v) is 9.81. The molecule has 3 heterocycles. The van der Waals surface area contributed by atoms with Crippen LogP contribution in [0.4, 0.5) is 5.95 Å². The lowest BCUT2D eigenvalue weighted by molar-refractivity contribution is -0.158. The average Bonchev–Trinajstić information content (AvgIpc) is 3.34. The van der Waals surface area contributed by atoms with Crippen LogP contribution in [0.3, 0.4) is 0 Å². The second kappa shape index (κ2) is 14.0. The van der Waals surface area contributed by atoms with E-state index in [1.165, 1.54) is 17.8 Å². The number of nitrogens with zero attached hydrogens (tertiary/aromatic N) is 5. The lowest BCUT2D eigenvalue weighted by Crippen LogP contribution is -2.43. The van der Waals surface area contributed by atoms with Crippen LogP contribution in [-0.2, 0) is 23.1 Å². The number of hydrogen-bond acceptors (Lipinski definition) is 14. The summed E-state index contributed by atoms with van der Waals surface area (Å²) in [6, 6.07) is 0. The number of H-pyrrole nitrogens is 1. The molecule has 16 nitrogen and oxygen atoms in total. The summed E-state index contributed by atoms with van der Waals surface area (Å²) in [7, 11) is -1.85. The molecule has 1 fully saturated rings. The van der Waals surface area contributed by atoms with Crippen molar-refractivity contribution in [3.8, 4) is 0 Å². The minimum atomic E-state index is -3.80. The van der Waals surface area contributed by atoms with Gasteiger partial charge in [-0.15, -0.1) is 0 Å². The normalized spacial score (nSPS) is 19.2. The number of aliphatic hydroxyl groups is 3. The van der Waals surface area contributed by atoms with Crippen LogP contribution in [0.1, 0.15) is 27.0 Å². The van der Waals surface area contributed by atoms with Gasteiger partial charge in [0.2, 0.25) is 5.95 Å². The Hall–Kier alpha value is -1.92. The summed E-state index contributed by atoms with van der Waals surface area (Å²) in [5, 5.41) is 29.9. The van der Waals surface area contributed by atoms with Crippen molar-refractivity contribution in [1.29, 1.82) is 0 Å². The minimum absolute atomic E-state index is 0.0348. The molecule has 0 saturated carbocycles. The molecule has 1 unspecified atom stereocenters. The first-order valence-corrected chi connectivity index (χ1v) is 15.5. The van der Waals surface area contributed by atoms with Crippen molar-refractivity contribution in [1.82, 2.24) is 29.1 Å². The highest BCUT2D eigenvalue weighted by atomic mass is 32.2. The fraction of sp³-hybridized carbons (Fsp3) is 0.739. The van der Waals surface area contributed by atoms with E-state index in [-0.39, 0.29) is 54.4 Å². The predicted molar refractivity (Wildman–Crippen MR) is 152 cm³/mol. The number of piperazine rings is 1. The first kappa shape index (κ1) is 33.6. The fourth-order valence-electron chi connectivity index (χ4n) is 3.85. The van der Waals surface area contributed by atoms with Gasteiger partial charge >= 0.3 is 7.75 Å². The number of anilines is 1. The summed E-state index contributed by atoms with van der Waals surface area (Å²) < 4.78 is 34.1. The number of carbonyl (C=O) groups excluding carboxylic acids is 1. The van der Waals surface area contributed by atoms with Gasteiger partial charge in [-0.05, 0) is 27.8 Å². The maximum atomic E-state index is 13.9. The molecule has 0 spiro atoms. The van der Waals surface area contributed by atoms with Crippen LogP contribution < -0.4 is 11.3 Å². The number of aromatic nitrogens is 4. The van der Waals surface area contributed by atoms with Crippen molar-refractivity contribution in [2.45, 2.75) is 32.6 Å². The van der Waals surface area contributed by atoms with Gasteiger partial charge in [-0.1, -0.05) is 11.8 Å². The van der Waals surface area contributed by atoms with Gasteiger partial charge in [0.1, 0.15) is 5.60 Å². The molecule has 1 aliphatic heterocycles. The Morgan fingerprint density at radius 3 is 2.46 bits per heavy atom. The quantitative estimate of drug-likeness (QED) is 0.127. The van der Waals surface area contributed by atoms with E-state index in [0.29, 0.717) is 26.2 Å². The highest BCUT2D eigenvalue weighted by Crippen LogP contribution is 2.52. The highest BCUT2D eigenvalue weighted by Gasteiger charge is 2.38. The maximum absolute atomic E-state index is 13.9. The number of rotatable bonds is 15. The van der Waals surface area contributed by atoms with Crippen molar-refractivity contribution in [3.63, 3.8) is 0 Å². The molecule has 0 amide bonds. The molecule has 1 aliphatic rings. The molecule has 6 N–H and O–H groups in total. The van der Waals surface area contributed by atoms with E-state index < -0.39 is 37.2 Å². The van der Waals surface area contributed by atoms with E-state index in [1.807, 2.05) is 7.05 Å². The van der Waals surface area contributed by atoms with Crippen LogP contribution >= 0.6 is 19.5 Å². The van der Waals surface area contributed by atoms with Gasteiger partial charge in [-0.3, -0.25) is 28.2 Å². The van der Waals surface area contributed by atoms with E-state index in [9.17, 15) is 29.5 Å². The van der Waals surface area contributed by atoms with Crippen LogP contribution in [0, 0.1) is 5.41 Å². The van der Waals surface area contributed by atoms with Crippen LogP contribution in [0.15, 0.2) is 11.1 Å². The number of aliphatic hydroxyl groups excluding tert-OH is 2. The molecular formula is C23H40N7O9PS. The number of nitrogen functional groups attached to an aromatic ring is 1. The predicted octanol–water partition coefficient (Wildman–Crippen LogP) is -0.373. The van der Waals surface area contributed by atoms with Gasteiger partial charge in [0.15, 0.2) is 22.5 Å². The van der Waals surface area contributed by atoms with Crippen molar-refractivity contribution in [2.75, 3.05) is 77.7 Å². The molecule has 0 aromatic carbocycles. The largest absolute Gasteiger partial charge is 0.408 e. The lowest BCUT2D eigenvalue weighted by atomic mass is 9.97. The number of aromatic amines is 1. The standard InChI is InChI=1S/C23H40N7O9PS/c1-22(2,13-31)20(34)41-12-11-39-40(36,29-7-5-28(4)6-8-29)38-10-9-37-19(23(3,35)14-32)30-15-25-16-17(30)26-21(24)27-18(16)33/h15,19,31-32,35H,5-14H2,1-4H3,(H3,24,26,27,33)/t19-,23-,40?/m1/s1. The zero-order valence-corrected chi connectivity index (χ0v) is 25.4. The number of nitrogens with one attached hydrogen (secondary N) is 1. The van der Waals surface area contributed by atoms with Crippen molar-refractivity contribution >= 4 is 41.7 Å². The molecule has 2 aromatic heterocycles. The maximum Gasteiger partial charge on any atom is 0.408 e. The molecule has 0 radical (unpaired) electrons. The Morgan fingerprint density at radius 1 is 1.17 bits per heavy atom. The summed E-state index contributed by atoms with van der Waals surface area (Å²) in [6.07, 6.45) is -0.0342. The van der Waals surface area contributed by atoms with Crippen LogP contribution in [0.25, 0.3) is 11.2 Å². The van der Waals surface area contributed by atoms with Crippen molar-refractivity contribution in [3.05, 3.63) is 16.7 Å². The third kappa shape index (κ3) is 8.34. The Bertz CT molecular complexity index is 1280. The molecule has 1 saturated heterocycles. The number of likely N-dealkylation sites (N-methyl/N-ethyl adjacent to an activating group) is 1. The third-order valence-electron chi connectivity index (χ3n) is 6.51. The topological polar surface area (TPSA) is 219 Å². The minimum Gasteiger partial charge on any atom is -0.395 e. The second-order valence-corrected chi connectivity index (χ2v) is 13.7. The molecule has 41 heavy (non-hydrogen) atoms. The Kier molecular flexibility index (Phi) is 11.5. The van der Waals surface area contributed by atoms with Crippen molar-refractivity contribution < 1.29 is 38.5 Å². The Balaban J connectivity index is 1.69. The molecule has 0 bridgehead atoms. The number of hydrogen-bond donors (Lipinski definition) is 5. The van der Waals surface area contributed by atoms with Crippen LogP contribution in [0.2, 0.25) is 0 Å². The van der Waals surface area contributed by atoms with E-state index in [4.69, 9.17) is 19.5 Å².